The number of amides is 1. The summed E-state index contributed by atoms with van der Waals surface area (Å²) in [5.74, 6) is 0.103. The number of para-hydroxylation sites is 1. The van der Waals surface area contributed by atoms with E-state index in [0.717, 1.165) is 23.8 Å². The van der Waals surface area contributed by atoms with Crippen molar-refractivity contribution in [2.24, 2.45) is 0 Å². The average molecular weight is 245 g/mol. The summed E-state index contributed by atoms with van der Waals surface area (Å²) in [7, 11) is 0. The van der Waals surface area contributed by atoms with Gasteiger partial charge in [-0.15, -0.1) is 0 Å². The number of furan rings is 1. The van der Waals surface area contributed by atoms with E-state index in [1.807, 2.05) is 31.2 Å². The normalized spacial score (nSPS) is 16.8. The van der Waals surface area contributed by atoms with Gasteiger partial charge in [0.05, 0.1) is 12.1 Å². The fourth-order valence-corrected chi connectivity index (χ4v) is 2.16. The molecule has 1 heterocycles. The number of aryl methyl sites for hydroxylation is 1. The molecule has 2 aromatic rings. The Morgan fingerprint density at radius 3 is 2.78 bits per heavy atom. The Morgan fingerprint density at radius 1 is 1.44 bits per heavy atom. The second-order valence-electron chi connectivity index (χ2n) is 4.94. The third-order valence-corrected chi connectivity index (χ3v) is 3.58. The first-order valence-corrected chi connectivity index (χ1v) is 6.07. The van der Waals surface area contributed by atoms with Crippen LogP contribution in [0.25, 0.3) is 11.0 Å². The van der Waals surface area contributed by atoms with Crippen LogP contribution >= 0.6 is 0 Å². The molecule has 2 N–H and O–H groups in total. The zero-order chi connectivity index (χ0) is 12.8. The number of fused-ring (bicyclic) bond motifs is 1. The Bertz CT molecular complexity index is 611. The molecule has 0 bridgehead atoms. The summed E-state index contributed by atoms with van der Waals surface area (Å²) >= 11 is 0. The Kier molecular flexibility index (Phi) is 2.41. The van der Waals surface area contributed by atoms with E-state index in [1.165, 1.54) is 0 Å². The van der Waals surface area contributed by atoms with Gasteiger partial charge in [0.2, 0.25) is 0 Å². The minimum Gasteiger partial charge on any atom is -0.451 e. The standard InChI is InChI=1S/C14H15NO3/c1-9-10-4-2-3-5-11(10)18-12(9)13(17)15-14(8-16)6-7-14/h2-5,16H,6-8H2,1H3,(H,15,17). The lowest BCUT2D eigenvalue weighted by atomic mass is 10.1. The van der Waals surface area contributed by atoms with Crippen molar-refractivity contribution in [1.29, 1.82) is 0 Å². The number of nitrogens with one attached hydrogen (secondary N) is 1. The first-order chi connectivity index (χ1) is 8.65. The van der Waals surface area contributed by atoms with Gasteiger partial charge in [0.1, 0.15) is 5.58 Å². The Hall–Kier alpha value is -1.81. The number of aliphatic hydroxyl groups is 1. The van der Waals surface area contributed by atoms with Crippen molar-refractivity contribution in [1.82, 2.24) is 5.32 Å². The van der Waals surface area contributed by atoms with Gasteiger partial charge >= 0.3 is 0 Å². The number of hydrogen-bond acceptors (Lipinski definition) is 3. The quantitative estimate of drug-likeness (QED) is 0.869. The fourth-order valence-electron chi connectivity index (χ4n) is 2.16. The van der Waals surface area contributed by atoms with Crippen LogP contribution in [0.3, 0.4) is 0 Å². The summed E-state index contributed by atoms with van der Waals surface area (Å²) < 4.78 is 5.59. The molecule has 1 saturated carbocycles. The third-order valence-electron chi connectivity index (χ3n) is 3.58. The van der Waals surface area contributed by atoms with E-state index < -0.39 is 5.54 Å². The molecule has 0 saturated heterocycles. The highest BCUT2D eigenvalue weighted by atomic mass is 16.3. The van der Waals surface area contributed by atoms with Gasteiger partial charge in [0.25, 0.3) is 5.91 Å². The van der Waals surface area contributed by atoms with Gasteiger partial charge < -0.3 is 14.8 Å². The molecule has 0 radical (unpaired) electrons. The third kappa shape index (κ3) is 1.69. The first kappa shape index (κ1) is 11.3. The molecule has 94 valence electrons. The van der Waals surface area contributed by atoms with E-state index in [4.69, 9.17) is 4.42 Å². The van der Waals surface area contributed by atoms with Crippen molar-refractivity contribution in [3.05, 3.63) is 35.6 Å². The van der Waals surface area contributed by atoms with Crippen molar-refractivity contribution in [3.63, 3.8) is 0 Å². The molecule has 1 aliphatic rings. The maximum Gasteiger partial charge on any atom is 0.287 e. The zero-order valence-electron chi connectivity index (χ0n) is 10.2. The number of carbonyl (C=O) groups is 1. The van der Waals surface area contributed by atoms with Crippen molar-refractivity contribution in [3.8, 4) is 0 Å². The van der Waals surface area contributed by atoms with Gasteiger partial charge in [-0.05, 0) is 25.8 Å². The molecule has 0 spiro atoms. The van der Waals surface area contributed by atoms with Crippen LogP contribution in [0, 0.1) is 6.92 Å². The van der Waals surface area contributed by atoms with Crippen LogP contribution in [0.15, 0.2) is 28.7 Å². The van der Waals surface area contributed by atoms with Gasteiger partial charge in [0, 0.05) is 10.9 Å². The molecule has 1 aromatic carbocycles. The van der Waals surface area contributed by atoms with E-state index in [1.54, 1.807) is 0 Å². The molecule has 4 heteroatoms. The predicted molar refractivity (Wildman–Crippen MR) is 67.5 cm³/mol. The van der Waals surface area contributed by atoms with Crippen LogP contribution in [0.4, 0.5) is 0 Å². The lowest BCUT2D eigenvalue weighted by molar-refractivity contribution is 0.0880. The summed E-state index contributed by atoms with van der Waals surface area (Å²) in [6.45, 7) is 1.86. The van der Waals surface area contributed by atoms with Crippen LogP contribution in [-0.4, -0.2) is 23.2 Å². The number of carbonyl (C=O) groups excluding carboxylic acids is 1. The van der Waals surface area contributed by atoms with Gasteiger partial charge in [-0.3, -0.25) is 4.79 Å². The second-order valence-corrected chi connectivity index (χ2v) is 4.94. The van der Waals surface area contributed by atoms with Gasteiger partial charge in [-0.2, -0.15) is 0 Å². The van der Waals surface area contributed by atoms with Crippen LogP contribution in [0.1, 0.15) is 29.0 Å². The predicted octanol–water partition coefficient (Wildman–Crippen LogP) is 2.00. The maximum absolute atomic E-state index is 12.1. The van der Waals surface area contributed by atoms with Crippen molar-refractivity contribution in [2.75, 3.05) is 6.61 Å². The molecule has 1 amide bonds. The fraction of sp³-hybridized carbons (Fsp3) is 0.357. The zero-order valence-corrected chi connectivity index (χ0v) is 10.2. The summed E-state index contributed by atoms with van der Waals surface area (Å²) in [4.78, 5) is 12.1. The van der Waals surface area contributed by atoms with E-state index in [9.17, 15) is 9.90 Å². The van der Waals surface area contributed by atoms with Crippen LogP contribution in [-0.2, 0) is 0 Å². The van der Waals surface area contributed by atoms with E-state index in [0.29, 0.717) is 11.3 Å². The average Bonchev–Trinajstić information content (AvgIpc) is 3.08. The Balaban J connectivity index is 1.94. The lowest BCUT2D eigenvalue weighted by Gasteiger charge is -2.12. The molecular weight excluding hydrogens is 230 g/mol. The molecular formula is C14H15NO3. The largest absolute Gasteiger partial charge is 0.451 e. The topological polar surface area (TPSA) is 62.5 Å². The van der Waals surface area contributed by atoms with Crippen molar-refractivity contribution < 1.29 is 14.3 Å². The molecule has 0 aliphatic heterocycles. The van der Waals surface area contributed by atoms with Crippen molar-refractivity contribution in [2.45, 2.75) is 25.3 Å². The molecule has 1 aromatic heterocycles. The first-order valence-electron chi connectivity index (χ1n) is 6.07. The number of benzene rings is 1. The molecule has 1 aliphatic carbocycles. The number of rotatable bonds is 3. The number of aliphatic hydroxyl groups excluding tert-OH is 1. The van der Waals surface area contributed by atoms with Gasteiger partial charge in [0.15, 0.2) is 5.76 Å². The molecule has 3 rings (SSSR count). The number of hydrogen-bond donors (Lipinski definition) is 2. The molecule has 0 atom stereocenters. The summed E-state index contributed by atoms with van der Waals surface area (Å²) in [5, 5.41) is 13.0. The monoisotopic (exact) mass is 245 g/mol. The van der Waals surface area contributed by atoms with Crippen LogP contribution < -0.4 is 5.32 Å². The van der Waals surface area contributed by atoms with Gasteiger partial charge in [-0.1, -0.05) is 18.2 Å². The lowest BCUT2D eigenvalue weighted by Crippen LogP contribution is -2.39. The highest BCUT2D eigenvalue weighted by molar-refractivity contribution is 5.99. The molecule has 0 unspecified atom stereocenters. The molecule has 4 nitrogen and oxygen atoms in total. The minimum absolute atomic E-state index is 0.0159. The van der Waals surface area contributed by atoms with E-state index in [2.05, 4.69) is 5.32 Å². The van der Waals surface area contributed by atoms with Gasteiger partial charge in [-0.25, -0.2) is 0 Å². The highest BCUT2D eigenvalue weighted by Gasteiger charge is 2.44. The highest BCUT2D eigenvalue weighted by Crippen LogP contribution is 2.35. The molecule has 18 heavy (non-hydrogen) atoms. The van der Waals surface area contributed by atoms with Crippen LogP contribution in [0.2, 0.25) is 0 Å². The Morgan fingerprint density at radius 2 is 2.17 bits per heavy atom. The smallest absolute Gasteiger partial charge is 0.287 e. The minimum atomic E-state index is -0.414. The Labute approximate surface area is 105 Å². The van der Waals surface area contributed by atoms with E-state index in [-0.39, 0.29) is 12.5 Å². The summed E-state index contributed by atoms with van der Waals surface area (Å²) in [5.41, 5.74) is 1.15. The maximum atomic E-state index is 12.1. The van der Waals surface area contributed by atoms with Crippen LogP contribution in [0.5, 0.6) is 0 Å². The molecule has 1 fully saturated rings. The van der Waals surface area contributed by atoms with E-state index >= 15 is 0 Å². The van der Waals surface area contributed by atoms with Crippen molar-refractivity contribution >= 4 is 16.9 Å². The summed E-state index contributed by atoms with van der Waals surface area (Å²) in [6.07, 6.45) is 1.66. The summed E-state index contributed by atoms with van der Waals surface area (Å²) in [6, 6.07) is 7.58. The SMILES string of the molecule is Cc1c(C(=O)NC2(CO)CC2)oc2ccccc12. The second kappa shape index (κ2) is 3.85.